The van der Waals surface area contributed by atoms with E-state index < -0.39 is 23.4 Å². The van der Waals surface area contributed by atoms with Crippen molar-refractivity contribution < 1.29 is 31.8 Å². The van der Waals surface area contributed by atoms with Gasteiger partial charge in [-0.1, -0.05) is 0 Å². The molecule has 11 heteroatoms. The number of halogens is 6. The standard InChI is InChI=1S/C22H20F5N3O2.ClH/c23-19-2-1-13(6-18(19)22(25,26)27)32-14-4-12(5-14)29-9-17-15-7-21(28)30-8-16(15)11(10-31)3-20(17)24;/h1-3,6-8,12,14,29,31H,4-5,9-10H2,(H2,28,30);1H. The first kappa shape index (κ1) is 24.9. The summed E-state index contributed by atoms with van der Waals surface area (Å²) in [6.07, 6.45) is -2.65. The first-order valence-electron chi connectivity index (χ1n) is 9.89. The first-order valence-corrected chi connectivity index (χ1v) is 9.89. The SMILES string of the molecule is Cl.Nc1cc2c(CNC3CC(Oc4ccc(F)c(C(F)(F)F)c4)C3)c(F)cc(CO)c2cn1. The predicted octanol–water partition coefficient (Wildman–Crippen LogP) is 4.73. The monoisotopic (exact) mass is 489 g/mol. The second kappa shape index (κ2) is 9.66. The van der Waals surface area contributed by atoms with E-state index in [0.717, 1.165) is 12.1 Å². The van der Waals surface area contributed by atoms with Gasteiger partial charge in [-0.3, -0.25) is 0 Å². The van der Waals surface area contributed by atoms with Gasteiger partial charge in [-0.05, 0) is 54.1 Å². The number of aromatic nitrogens is 1. The van der Waals surface area contributed by atoms with Crippen LogP contribution in [0.25, 0.3) is 10.8 Å². The van der Waals surface area contributed by atoms with Crippen molar-refractivity contribution in [3.05, 3.63) is 64.9 Å². The number of ether oxygens (including phenoxy) is 1. The molecule has 0 radical (unpaired) electrons. The number of benzene rings is 2. The quantitative estimate of drug-likeness (QED) is 0.436. The molecule has 0 atom stereocenters. The van der Waals surface area contributed by atoms with E-state index in [0.29, 0.717) is 40.8 Å². The zero-order chi connectivity index (χ0) is 23.0. The maximum absolute atomic E-state index is 14.6. The summed E-state index contributed by atoms with van der Waals surface area (Å²) in [4.78, 5) is 4.00. The van der Waals surface area contributed by atoms with Crippen LogP contribution in [0.3, 0.4) is 0 Å². The van der Waals surface area contributed by atoms with Gasteiger partial charge >= 0.3 is 6.18 Å². The number of anilines is 1. The lowest BCUT2D eigenvalue weighted by atomic mass is 9.88. The molecule has 33 heavy (non-hydrogen) atoms. The Morgan fingerprint density at radius 3 is 2.48 bits per heavy atom. The Morgan fingerprint density at radius 1 is 1.09 bits per heavy atom. The van der Waals surface area contributed by atoms with Crippen LogP contribution in [0.2, 0.25) is 0 Å². The van der Waals surface area contributed by atoms with Crippen LogP contribution in [0, 0.1) is 11.6 Å². The molecule has 2 aromatic carbocycles. The summed E-state index contributed by atoms with van der Waals surface area (Å²) in [6.45, 7) is -0.155. The van der Waals surface area contributed by atoms with Crippen LogP contribution in [0.5, 0.6) is 5.75 Å². The number of hydrogen-bond acceptors (Lipinski definition) is 5. The fourth-order valence-corrected chi connectivity index (χ4v) is 3.80. The fourth-order valence-electron chi connectivity index (χ4n) is 3.80. The Balaban J connectivity index is 0.00000306. The molecule has 0 amide bonds. The maximum Gasteiger partial charge on any atom is 0.419 e. The molecule has 178 valence electrons. The van der Waals surface area contributed by atoms with E-state index >= 15 is 0 Å². The molecule has 1 heterocycles. The highest BCUT2D eigenvalue weighted by molar-refractivity contribution is 5.89. The molecule has 4 N–H and O–H groups in total. The van der Waals surface area contributed by atoms with Crippen molar-refractivity contribution in [2.24, 2.45) is 0 Å². The number of rotatable bonds is 6. The van der Waals surface area contributed by atoms with Crippen LogP contribution in [-0.4, -0.2) is 22.2 Å². The van der Waals surface area contributed by atoms with Gasteiger partial charge in [-0.2, -0.15) is 13.2 Å². The number of aliphatic hydroxyl groups is 1. The lowest BCUT2D eigenvalue weighted by Gasteiger charge is -2.36. The lowest BCUT2D eigenvalue weighted by molar-refractivity contribution is -0.140. The summed E-state index contributed by atoms with van der Waals surface area (Å²) >= 11 is 0. The molecule has 0 spiro atoms. The number of hydrogen-bond donors (Lipinski definition) is 3. The molecule has 5 nitrogen and oxygen atoms in total. The minimum Gasteiger partial charge on any atom is -0.490 e. The average molecular weight is 490 g/mol. The maximum atomic E-state index is 14.6. The van der Waals surface area contributed by atoms with Crippen LogP contribution in [0.15, 0.2) is 36.5 Å². The number of alkyl halides is 3. The summed E-state index contributed by atoms with van der Waals surface area (Å²) in [5.41, 5.74) is 5.15. The van der Waals surface area contributed by atoms with E-state index in [4.69, 9.17) is 10.5 Å². The second-order valence-electron chi connectivity index (χ2n) is 7.74. The smallest absolute Gasteiger partial charge is 0.419 e. The van der Waals surface area contributed by atoms with Crippen LogP contribution >= 0.6 is 12.4 Å². The van der Waals surface area contributed by atoms with Gasteiger partial charge in [0.2, 0.25) is 0 Å². The summed E-state index contributed by atoms with van der Waals surface area (Å²) in [5.74, 6) is -1.67. The van der Waals surface area contributed by atoms with Crippen molar-refractivity contribution in [3.8, 4) is 5.75 Å². The van der Waals surface area contributed by atoms with Gasteiger partial charge in [0.05, 0.1) is 12.2 Å². The molecule has 1 aliphatic rings. The molecular weight excluding hydrogens is 469 g/mol. The van der Waals surface area contributed by atoms with Gasteiger partial charge in [-0.25, -0.2) is 13.8 Å². The minimum atomic E-state index is -4.80. The average Bonchev–Trinajstić information content (AvgIpc) is 2.70. The molecule has 4 rings (SSSR count). The molecule has 0 bridgehead atoms. The largest absolute Gasteiger partial charge is 0.490 e. The number of nitrogens with two attached hydrogens (primary N) is 1. The molecule has 3 aromatic rings. The van der Waals surface area contributed by atoms with Gasteiger partial charge in [0.1, 0.15) is 29.3 Å². The van der Waals surface area contributed by atoms with Crippen molar-refractivity contribution in [1.29, 1.82) is 0 Å². The number of nitrogens with zero attached hydrogens (tertiary/aromatic N) is 1. The third-order valence-corrected chi connectivity index (χ3v) is 5.56. The molecule has 1 saturated carbocycles. The summed E-state index contributed by atoms with van der Waals surface area (Å²) < 4.78 is 72.1. The van der Waals surface area contributed by atoms with E-state index in [-0.39, 0.29) is 49.3 Å². The number of nitrogens with one attached hydrogen (secondary N) is 1. The Labute approximate surface area is 192 Å². The van der Waals surface area contributed by atoms with Crippen molar-refractivity contribution >= 4 is 29.0 Å². The Bertz CT molecular complexity index is 1150. The summed E-state index contributed by atoms with van der Waals surface area (Å²) in [5, 5.41) is 13.8. The molecular formula is C22H21ClF5N3O2. The highest BCUT2D eigenvalue weighted by atomic mass is 35.5. The number of fused-ring (bicyclic) bond motifs is 1. The molecule has 0 aliphatic heterocycles. The lowest BCUT2D eigenvalue weighted by Crippen LogP contribution is -2.46. The zero-order valence-corrected chi connectivity index (χ0v) is 17.9. The molecule has 1 fully saturated rings. The third kappa shape index (κ3) is 5.29. The van der Waals surface area contributed by atoms with Crippen LogP contribution in [0.4, 0.5) is 27.8 Å². The molecule has 1 aromatic heterocycles. The summed E-state index contributed by atoms with van der Waals surface area (Å²) in [7, 11) is 0. The van der Waals surface area contributed by atoms with E-state index in [1.165, 1.54) is 12.3 Å². The van der Waals surface area contributed by atoms with E-state index in [9.17, 15) is 27.1 Å². The molecule has 0 saturated heterocycles. The van der Waals surface area contributed by atoms with Gasteiger partial charge < -0.3 is 20.9 Å². The Kier molecular flexibility index (Phi) is 7.30. The number of nitrogen functional groups attached to an aromatic ring is 1. The number of pyridine rings is 1. The van der Waals surface area contributed by atoms with E-state index in [2.05, 4.69) is 10.3 Å². The fraction of sp³-hybridized carbons (Fsp3) is 0.318. The van der Waals surface area contributed by atoms with Gasteiger partial charge in [-0.15, -0.1) is 12.4 Å². The van der Waals surface area contributed by atoms with Crippen LogP contribution in [0.1, 0.15) is 29.5 Å². The van der Waals surface area contributed by atoms with Gasteiger partial charge in [0.15, 0.2) is 0 Å². The first-order chi connectivity index (χ1) is 15.2. The van der Waals surface area contributed by atoms with Gasteiger partial charge in [0.25, 0.3) is 0 Å². The van der Waals surface area contributed by atoms with Crippen molar-refractivity contribution in [3.63, 3.8) is 0 Å². The highest BCUT2D eigenvalue weighted by Crippen LogP contribution is 2.35. The normalized spacial score (nSPS) is 18.0. The molecule has 0 unspecified atom stereocenters. The zero-order valence-electron chi connectivity index (χ0n) is 17.1. The van der Waals surface area contributed by atoms with Crippen LogP contribution in [-0.2, 0) is 19.3 Å². The molecule has 1 aliphatic carbocycles. The van der Waals surface area contributed by atoms with Crippen LogP contribution < -0.4 is 15.8 Å². The highest BCUT2D eigenvalue weighted by Gasteiger charge is 2.35. The topological polar surface area (TPSA) is 80.4 Å². The third-order valence-electron chi connectivity index (χ3n) is 5.56. The van der Waals surface area contributed by atoms with E-state index in [1.807, 2.05) is 0 Å². The Morgan fingerprint density at radius 2 is 1.82 bits per heavy atom. The summed E-state index contributed by atoms with van der Waals surface area (Å²) in [6, 6.07) is 5.32. The second-order valence-corrected chi connectivity index (χ2v) is 7.74. The van der Waals surface area contributed by atoms with Crippen molar-refractivity contribution in [2.45, 2.75) is 44.3 Å². The van der Waals surface area contributed by atoms with E-state index in [1.54, 1.807) is 6.07 Å². The van der Waals surface area contributed by atoms with Gasteiger partial charge in [0, 0.05) is 29.7 Å². The van der Waals surface area contributed by atoms with Crippen molar-refractivity contribution in [2.75, 3.05) is 5.73 Å². The Hall–Kier alpha value is -2.69. The minimum absolute atomic E-state index is 0. The number of aliphatic hydroxyl groups excluding tert-OH is 1. The van der Waals surface area contributed by atoms with Crippen molar-refractivity contribution in [1.82, 2.24) is 10.3 Å². The predicted molar refractivity (Wildman–Crippen MR) is 115 cm³/mol.